The predicted molar refractivity (Wildman–Crippen MR) is 134 cm³/mol. The molecule has 0 amide bonds. The van der Waals surface area contributed by atoms with E-state index in [0.717, 1.165) is 22.5 Å². The summed E-state index contributed by atoms with van der Waals surface area (Å²) in [5.41, 5.74) is 9.81. The van der Waals surface area contributed by atoms with Crippen LogP contribution in [0.4, 0.5) is 17.4 Å². The number of nitriles is 1. The third-order valence-corrected chi connectivity index (χ3v) is 6.07. The van der Waals surface area contributed by atoms with Crippen molar-refractivity contribution in [1.82, 2.24) is 9.55 Å². The summed E-state index contributed by atoms with van der Waals surface area (Å²) in [6, 6.07) is 17.6. The Morgan fingerprint density at radius 1 is 1.00 bits per heavy atom. The van der Waals surface area contributed by atoms with Crippen molar-refractivity contribution in [2.75, 3.05) is 43.7 Å². The first-order chi connectivity index (χ1) is 16.8. The number of rotatable bonds is 4. The van der Waals surface area contributed by atoms with Gasteiger partial charge in [0.25, 0.3) is 6.01 Å². The number of nitrogens with two attached hydrogens (primary N) is 1. The predicted octanol–water partition coefficient (Wildman–Crippen LogP) is 1.78. The molecule has 9 heteroatoms. The lowest BCUT2D eigenvalue weighted by atomic mass is 9.87. The van der Waals surface area contributed by atoms with E-state index in [1.807, 2.05) is 86.5 Å². The SMILES string of the molecule is CN(C)c1ccc(/C=c2\c(=O)oc3n2-c2oc(N)nc2C(c2ccc(N(C)C)cc2)C=3C#N)cc1. The van der Waals surface area contributed by atoms with Crippen molar-refractivity contribution in [2.24, 2.45) is 0 Å². The molecular formula is C26H24N6O3. The van der Waals surface area contributed by atoms with Crippen LogP contribution < -0.4 is 32.1 Å². The molecule has 1 atom stereocenters. The summed E-state index contributed by atoms with van der Waals surface area (Å²) < 4.78 is 12.9. The van der Waals surface area contributed by atoms with Gasteiger partial charge in [-0.2, -0.15) is 10.2 Å². The minimum atomic E-state index is -0.593. The molecule has 5 rings (SSSR count). The second kappa shape index (κ2) is 8.25. The minimum Gasteiger partial charge on any atom is -0.406 e. The lowest BCUT2D eigenvalue weighted by Gasteiger charge is -2.20. The third-order valence-electron chi connectivity index (χ3n) is 6.07. The number of anilines is 3. The van der Waals surface area contributed by atoms with E-state index in [-0.39, 0.29) is 28.4 Å². The Balaban J connectivity index is 1.76. The zero-order valence-corrected chi connectivity index (χ0v) is 19.8. The van der Waals surface area contributed by atoms with E-state index in [9.17, 15) is 10.1 Å². The van der Waals surface area contributed by atoms with Crippen molar-refractivity contribution in [2.45, 2.75) is 5.92 Å². The molecular weight excluding hydrogens is 444 g/mol. The van der Waals surface area contributed by atoms with Gasteiger partial charge in [0.05, 0.1) is 5.92 Å². The highest BCUT2D eigenvalue weighted by atomic mass is 16.4. The standard InChI is InChI=1S/C26H24N6O3/c1-30(2)17-9-5-15(6-10-17)13-20-25(33)34-23-19(14-27)21(16-7-11-18(12-8-16)31(3)4)22-24(32(20)23)35-26(28)29-22/h5-13,21H,1-4H3,(H2,28,29)/b20-13+. The van der Waals surface area contributed by atoms with Crippen molar-refractivity contribution < 1.29 is 8.83 Å². The number of hydrogen-bond acceptors (Lipinski definition) is 8. The van der Waals surface area contributed by atoms with Crippen LogP contribution in [0.1, 0.15) is 22.7 Å². The maximum atomic E-state index is 13.0. The van der Waals surface area contributed by atoms with E-state index in [1.54, 1.807) is 6.08 Å². The summed E-state index contributed by atoms with van der Waals surface area (Å²) in [7, 11) is 7.81. The average molecular weight is 469 g/mol. The summed E-state index contributed by atoms with van der Waals surface area (Å²) in [4.78, 5) is 21.3. The smallest absolute Gasteiger partial charge is 0.362 e. The summed E-state index contributed by atoms with van der Waals surface area (Å²) >= 11 is 0. The Labute approximate surface area is 201 Å². The molecule has 0 spiro atoms. The van der Waals surface area contributed by atoms with E-state index in [4.69, 9.17) is 14.6 Å². The molecule has 35 heavy (non-hydrogen) atoms. The Bertz CT molecular complexity index is 1630. The number of fused-ring (bicyclic) bond motifs is 3. The van der Waals surface area contributed by atoms with E-state index < -0.39 is 11.5 Å². The maximum Gasteiger partial charge on any atom is 0.362 e. The zero-order valence-electron chi connectivity index (χ0n) is 19.8. The number of nitrogens with zero attached hydrogens (tertiary/aromatic N) is 5. The fourth-order valence-electron chi connectivity index (χ4n) is 4.26. The first-order valence-corrected chi connectivity index (χ1v) is 11.0. The molecule has 2 aromatic heterocycles. The first-order valence-electron chi connectivity index (χ1n) is 11.0. The molecule has 9 nitrogen and oxygen atoms in total. The molecule has 2 N–H and O–H groups in total. The highest BCUT2D eigenvalue weighted by molar-refractivity contribution is 5.73. The van der Waals surface area contributed by atoms with Gasteiger partial charge in [0, 0.05) is 39.6 Å². The van der Waals surface area contributed by atoms with Crippen LogP contribution in [-0.4, -0.2) is 37.7 Å². The summed E-state index contributed by atoms with van der Waals surface area (Å²) in [5.74, 6) is -0.328. The molecule has 0 radical (unpaired) electrons. The molecule has 176 valence electrons. The third kappa shape index (κ3) is 3.65. The molecule has 4 aromatic rings. The fraction of sp³-hybridized carbons (Fsp3) is 0.192. The van der Waals surface area contributed by atoms with Crippen molar-refractivity contribution in [3.8, 4) is 12.0 Å². The summed E-state index contributed by atoms with van der Waals surface area (Å²) in [6.45, 7) is 0. The van der Waals surface area contributed by atoms with Crippen LogP contribution >= 0.6 is 0 Å². The Morgan fingerprint density at radius 2 is 1.60 bits per heavy atom. The number of benzene rings is 2. The first kappa shape index (κ1) is 22.1. The summed E-state index contributed by atoms with van der Waals surface area (Å²) in [6.07, 6.45) is 1.69. The van der Waals surface area contributed by atoms with Gasteiger partial charge >= 0.3 is 5.63 Å². The zero-order chi connectivity index (χ0) is 24.9. The Hall–Kier alpha value is -4.71. The van der Waals surface area contributed by atoms with Gasteiger partial charge in [0.1, 0.15) is 22.7 Å². The van der Waals surface area contributed by atoms with Gasteiger partial charge < -0.3 is 24.4 Å². The lowest BCUT2D eigenvalue weighted by molar-refractivity contribution is 0.455. The molecule has 1 aliphatic rings. The molecule has 1 aliphatic heterocycles. The molecule has 0 aliphatic carbocycles. The molecule has 2 aromatic carbocycles. The second-order valence-electron chi connectivity index (χ2n) is 8.73. The molecule has 0 saturated heterocycles. The number of hydrogen-bond donors (Lipinski definition) is 1. The fourth-order valence-corrected chi connectivity index (χ4v) is 4.26. The number of aromatic nitrogens is 2. The van der Waals surface area contributed by atoms with E-state index >= 15 is 0 Å². The van der Waals surface area contributed by atoms with Gasteiger partial charge in [-0.1, -0.05) is 24.3 Å². The van der Waals surface area contributed by atoms with Crippen molar-refractivity contribution in [3.63, 3.8) is 0 Å². The van der Waals surface area contributed by atoms with Gasteiger partial charge in [-0.25, -0.2) is 9.36 Å². The van der Waals surface area contributed by atoms with Crippen LogP contribution in [0, 0.1) is 11.3 Å². The Morgan fingerprint density at radius 3 is 2.17 bits per heavy atom. The van der Waals surface area contributed by atoms with Crippen molar-refractivity contribution >= 4 is 29.0 Å². The van der Waals surface area contributed by atoms with E-state index in [0.29, 0.717) is 5.69 Å². The normalized spacial score (nSPS) is 14.9. The summed E-state index contributed by atoms with van der Waals surface area (Å²) in [5, 5.41) is 10.4. The van der Waals surface area contributed by atoms with Gasteiger partial charge in [0.2, 0.25) is 11.4 Å². The molecule has 3 heterocycles. The van der Waals surface area contributed by atoms with Gasteiger partial charge in [-0.05, 0) is 41.5 Å². The minimum absolute atomic E-state index is 0.0579. The lowest BCUT2D eigenvalue weighted by Crippen LogP contribution is -2.35. The topological polar surface area (TPSA) is 117 Å². The quantitative estimate of drug-likeness (QED) is 0.482. The number of nitrogen functional groups attached to an aromatic ring is 1. The monoisotopic (exact) mass is 468 g/mol. The van der Waals surface area contributed by atoms with Crippen LogP contribution in [-0.2, 0) is 0 Å². The maximum absolute atomic E-state index is 13.0. The highest BCUT2D eigenvalue weighted by Crippen LogP contribution is 2.38. The Kier molecular flexibility index (Phi) is 5.21. The molecule has 0 saturated carbocycles. The van der Waals surface area contributed by atoms with Crippen LogP contribution in [0.3, 0.4) is 0 Å². The average Bonchev–Trinajstić information content (AvgIpc) is 3.37. The van der Waals surface area contributed by atoms with Crippen LogP contribution in [0.5, 0.6) is 0 Å². The van der Waals surface area contributed by atoms with E-state index in [2.05, 4.69) is 11.1 Å². The van der Waals surface area contributed by atoms with Crippen LogP contribution in [0.15, 0.2) is 62.2 Å². The second-order valence-corrected chi connectivity index (χ2v) is 8.73. The van der Waals surface area contributed by atoms with Crippen molar-refractivity contribution in [3.05, 3.63) is 86.7 Å². The van der Waals surface area contributed by atoms with Crippen molar-refractivity contribution in [1.29, 1.82) is 5.26 Å². The molecule has 0 bridgehead atoms. The van der Waals surface area contributed by atoms with Gasteiger partial charge in [0.15, 0.2) is 0 Å². The van der Waals surface area contributed by atoms with Crippen LogP contribution in [0.25, 0.3) is 17.5 Å². The highest BCUT2D eigenvalue weighted by Gasteiger charge is 2.36. The largest absolute Gasteiger partial charge is 0.406 e. The van der Waals surface area contributed by atoms with E-state index in [1.165, 1.54) is 4.57 Å². The molecule has 0 fully saturated rings. The van der Waals surface area contributed by atoms with Gasteiger partial charge in [-0.15, -0.1) is 0 Å². The number of oxazole rings is 2. The molecule has 1 unspecified atom stereocenters. The van der Waals surface area contributed by atoms with Crippen LogP contribution in [0.2, 0.25) is 0 Å². The van der Waals surface area contributed by atoms with Gasteiger partial charge in [-0.3, -0.25) is 0 Å².